The van der Waals surface area contributed by atoms with Crippen molar-refractivity contribution >= 4 is 0 Å². The van der Waals surface area contributed by atoms with Gasteiger partial charge in [0.05, 0.1) is 0 Å². The van der Waals surface area contributed by atoms with Gasteiger partial charge in [0.15, 0.2) is 0 Å². The van der Waals surface area contributed by atoms with Crippen molar-refractivity contribution in [2.24, 2.45) is 5.92 Å². The normalized spacial score (nSPS) is 20.4. The minimum Gasteiger partial charge on any atom is -0.356 e. The zero-order valence-corrected chi connectivity index (χ0v) is 9.79. The molecule has 1 nitrogen and oxygen atoms in total. The second kappa shape index (κ2) is 6.28. The van der Waals surface area contributed by atoms with E-state index < -0.39 is 0 Å². The van der Waals surface area contributed by atoms with Crippen molar-refractivity contribution in [3.63, 3.8) is 0 Å². The molecule has 0 saturated heterocycles. The van der Waals surface area contributed by atoms with E-state index in [1.807, 2.05) is 6.08 Å². The third kappa shape index (κ3) is 4.20. The number of allylic oxidation sites excluding steroid dienone is 5. The molecule has 15 heavy (non-hydrogen) atoms. The first-order valence-corrected chi connectivity index (χ1v) is 5.77. The fourth-order valence-corrected chi connectivity index (χ4v) is 1.55. The van der Waals surface area contributed by atoms with Crippen LogP contribution < -0.4 is 5.32 Å². The first-order valence-electron chi connectivity index (χ1n) is 5.77. The summed E-state index contributed by atoms with van der Waals surface area (Å²) in [5, 5.41) is 3.29. The first kappa shape index (κ1) is 11.8. The molecule has 0 aromatic carbocycles. The van der Waals surface area contributed by atoms with Crippen LogP contribution in [-0.4, -0.2) is 0 Å². The van der Waals surface area contributed by atoms with Gasteiger partial charge in [-0.05, 0) is 37.3 Å². The Morgan fingerprint density at radius 2 is 2.40 bits per heavy atom. The van der Waals surface area contributed by atoms with Gasteiger partial charge in [-0.25, -0.2) is 0 Å². The van der Waals surface area contributed by atoms with E-state index in [9.17, 15) is 0 Å². The summed E-state index contributed by atoms with van der Waals surface area (Å²) in [6.45, 7) is 8.30. The van der Waals surface area contributed by atoms with Crippen molar-refractivity contribution in [1.82, 2.24) is 5.32 Å². The Bertz CT molecular complexity index is 294. The van der Waals surface area contributed by atoms with Crippen LogP contribution in [-0.2, 0) is 0 Å². The fraction of sp³-hybridized carbons (Fsp3) is 0.429. The summed E-state index contributed by atoms with van der Waals surface area (Å²) in [4.78, 5) is 0. The lowest BCUT2D eigenvalue weighted by atomic mass is 9.97. The molecule has 0 saturated carbocycles. The Morgan fingerprint density at radius 3 is 2.93 bits per heavy atom. The van der Waals surface area contributed by atoms with Crippen LogP contribution in [0.2, 0.25) is 0 Å². The number of hydrogen-bond acceptors (Lipinski definition) is 1. The third-order valence-electron chi connectivity index (χ3n) is 2.57. The smallest absolute Gasteiger partial charge is 0.0340 e. The summed E-state index contributed by atoms with van der Waals surface area (Å²) in [5.41, 5.74) is 2.13. The van der Waals surface area contributed by atoms with Gasteiger partial charge in [-0.3, -0.25) is 0 Å². The van der Waals surface area contributed by atoms with Gasteiger partial charge >= 0.3 is 0 Å². The van der Waals surface area contributed by atoms with Gasteiger partial charge in [0.2, 0.25) is 0 Å². The Labute approximate surface area is 93.3 Å². The molecular formula is C14H21N. The predicted molar refractivity (Wildman–Crippen MR) is 67.3 cm³/mol. The Kier molecular flexibility index (Phi) is 4.96. The monoisotopic (exact) mass is 203 g/mol. The topological polar surface area (TPSA) is 12.0 Å². The van der Waals surface area contributed by atoms with E-state index >= 15 is 0 Å². The highest BCUT2D eigenvalue weighted by Gasteiger charge is 2.05. The largest absolute Gasteiger partial charge is 0.356 e. The van der Waals surface area contributed by atoms with E-state index in [4.69, 9.17) is 0 Å². The maximum absolute atomic E-state index is 3.95. The van der Waals surface area contributed by atoms with Gasteiger partial charge in [0.25, 0.3) is 0 Å². The summed E-state index contributed by atoms with van der Waals surface area (Å²) in [6.07, 6.45) is 14.2. The van der Waals surface area contributed by atoms with Gasteiger partial charge in [-0.1, -0.05) is 38.7 Å². The van der Waals surface area contributed by atoms with Crippen molar-refractivity contribution < 1.29 is 0 Å². The highest BCUT2D eigenvalue weighted by atomic mass is 14.9. The fourth-order valence-electron chi connectivity index (χ4n) is 1.55. The molecule has 0 radical (unpaired) electrons. The molecule has 1 aliphatic carbocycles. The minimum atomic E-state index is 0.718. The quantitative estimate of drug-likeness (QED) is 0.668. The maximum Gasteiger partial charge on any atom is 0.0340 e. The molecule has 0 aromatic heterocycles. The zero-order chi connectivity index (χ0) is 11.1. The average molecular weight is 203 g/mol. The van der Waals surface area contributed by atoms with E-state index in [0.717, 1.165) is 24.5 Å². The van der Waals surface area contributed by atoms with Crippen LogP contribution in [0.4, 0.5) is 0 Å². The summed E-state index contributed by atoms with van der Waals surface area (Å²) in [6, 6.07) is 0. The lowest BCUT2D eigenvalue weighted by molar-refractivity contribution is 0.626. The van der Waals surface area contributed by atoms with Crippen molar-refractivity contribution in [1.29, 1.82) is 0 Å². The first-order chi connectivity index (χ1) is 7.26. The van der Waals surface area contributed by atoms with Crippen LogP contribution >= 0.6 is 0 Å². The molecule has 0 spiro atoms. The van der Waals surface area contributed by atoms with Gasteiger partial charge in [-0.2, -0.15) is 0 Å². The maximum atomic E-state index is 3.95. The second-order valence-corrected chi connectivity index (χ2v) is 3.88. The van der Waals surface area contributed by atoms with Crippen LogP contribution in [0.5, 0.6) is 0 Å². The van der Waals surface area contributed by atoms with Gasteiger partial charge in [0, 0.05) is 11.4 Å². The van der Waals surface area contributed by atoms with E-state index in [-0.39, 0.29) is 0 Å². The van der Waals surface area contributed by atoms with E-state index in [0.29, 0.717) is 0 Å². The summed E-state index contributed by atoms with van der Waals surface area (Å²) in [7, 11) is 0. The molecule has 1 atom stereocenters. The highest BCUT2D eigenvalue weighted by Crippen LogP contribution is 2.18. The van der Waals surface area contributed by atoms with Crippen LogP contribution in [0.15, 0.2) is 48.4 Å². The average Bonchev–Trinajstić information content (AvgIpc) is 2.27. The summed E-state index contributed by atoms with van der Waals surface area (Å²) in [5.74, 6) is 0.718. The van der Waals surface area contributed by atoms with Gasteiger partial charge < -0.3 is 5.32 Å². The molecule has 1 aliphatic rings. The summed E-state index contributed by atoms with van der Waals surface area (Å²) < 4.78 is 0. The number of hydrogen-bond donors (Lipinski definition) is 1. The van der Waals surface area contributed by atoms with E-state index in [2.05, 4.69) is 50.0 Å². The van der Waals surface area contributed by atoms with Crippen molar-refractivity contribution in [2.75, 3.05) is 0 Å². The highest BCUT2D eigenvalue weighted by molar-refractivity contribution is 5.28. The van der Waals surface area contributed by atoms with Crippen molar-refractivity contribution in [3.8, 4) is 0 Å². The standard InChI is InChI=1S/C14H21N/c1-4-6-7-12(3)15-14-10-8-13(5-2)9-11-14/h6-8,10-11,13,15H,3-5,9H2,1-2H3/b7-6+. The third-order valence-corrected chi connectivity index (χ3v) is 2.57. The molecule has 0 fully saturated rings. The Balaban J connectivity index is 2.41. The van der Waals surface area contributed by atoms with Crippen molar-refractivity contribution in [3.05, 3.63) is 48.4 Å². The van der Waals surface area contributed by atoms with Crippen LogP contribution in [0.3, 0.4) is 0 Å². The van der Waals surface area contributed by atoms with Crippen LogP contribution in [0, 0.1) is 5.92 Å². The van der Waals surface area contributed by atoms with Crippen LogP contribution in [0.25, 0.3) is 0 Å². The lowest BCUT2D eigenvalue weighted by Crippen LogP contribution is -2.12. The number of rotatable bonds is 5. The number of nitrogens with one attached hydrogen (secondary N) is 1. The Hall–Kier alpha value is -1.24. The molecule has 0 aromatic rings. The molecule has 0 aliphatic heterocycles. The minimum absolute atomic E-state index is 0.718. The molecule has 82 valence electrons. The van der Waals surface area contributed by atoms with Gasteiger partial charge in [-0.15, -0.1) is 0 Å². The Morgan fingerprint density at radius 1 is 1.60 bits per heavy atom. The summed E-state index contributed by atoms with van der Waals surface area (Å²) >= 11 is 0. The predicted octanol–water partition coefficient (Wildman–Crippen LogP) is 3.93. The SMILES string of the molecule is C=C(/C=C/CC)NC1=CCC(CC)C=C1. The molecule has 1 heteroatoms. The van der Waals surface area contributed by atoms with Crippen LogP contribution in [0.1, 0.15) is 33.1 Å². The molecule has 1 rings (SSSR count). The van der Waals surface area contributed by atoms with Crippen molar-refractivity contribution in [2.45, 2.75) is 33.1 Å². The lowest BCUT2D eigenvalue weighted by Gasteiger charge is -2.15. The van der Waals surface area contributed by atoms with E-state index in [1.165, 1.54) is 12.1 Å². The molecule has 1 N–H and O–H groups in total. The molecule has 0 amide bonds. The van der Waals surface area contributed by atoms with E-state index in [1.54, 1.807) is 0 Å². The molecule has 0 heterocycles. The molecule has 0 bridgehead atoms. The van der Waals surface area contributed by atoms with Gasteiger partial charge in [0.1, 0.15) is 0 Å². The molecule has 1 unspecified atom stereocenters. The molecular weight excluding hydrogens is 182 g/mol. The zero-order valence-electron chi connectivity index (χ0n) is 9.79. The second-order valence-electron chi connectivity index (χ2n) is 3.88.